The Morgan fingerprint density at radius 1 is 0.944 bits per heavy atom. The molecule has 0 fully saturated rings. The number of methoxy groups -OCH3 is 1. The molecule has 0 aromatic heterocycles. The van der Waals surface area contributed by atoms with Crippen molar-refractivity contribution in [2.24, 2.45) is 0 Å². The standard InChI is InChI=1S/C16H16O2/c1-18-16(17)12-15-10-6-5-9-14(15)11-13-7-3-2-4-8-13/h2-10H,11-12H2,1H3. The van der Waals surface area contributed by atoms with Crippen LogP contribution in [0, 0.1) is 0 Å². The molecular weight excluding hydrogens is 224 g/mol. The average Bonchev–Trinajstić information content (AvgIpc) is 2.42. The maximum Gasteiger partial charge on any atom is 0.309 e. The van der Waals surface area contributed by atoms with Crippen molar-refractivity contribution in [3.63, 3.8) is 0 Å². The Balaban J connectivity index is 2.20. The highest BCUT2D eigenvalue weighted by Crippen LogP contribution is 2.15. The molecule has 0 atom stereocenters. The van der Waals surface area contributed by atoms with Crippen LogP contribution in [0.5, 0.6) is 0 Å². The van der Waals surface area contributed by atoms with Crippen molar-refractivity contribution in [3.05, 3.63) is 71.3 Å². The van der Waals surface area contributed by atoms with Crippen LogP contribution in [0.25, 0.3) is 0 Å². The van der Waals surface area contributed by atoms with Crippen LogP contribution >= 0.6 is 0 Å². The van der Waals surface area contributed by atoms with Crippen molar-refractivity contribution in [3.8, 4) is 0 Å². The molecule has 0 radical (unpaired) electrons. The Morgan fingerprint density at radius 3 is 2.22 bits per heavy atom. The predicted octanol–water partition coefficient (Wildman–Crippen LogP) is 2.99. The molecule has 0 bridgehead atoms. The van der Waals surface area contributed by atoms with E-state index < -0.39 is 0 Å². The smallest absolute Gasteiger partial charge is 0.309 e. The van der Waals surface area contributed by atoms with Crippen LogP contribution in [-0.4, -0.2) is 13.1 Å². The fourth-order valence-corrected chi connectivity index (χ4v) is 1.95. The number of benzene rings is 2. The van der Waals surface area contributed by atoms with Gasteiger partial charge in [0, 0.05) is 0 Å². The van der Waals surface area contributed by atoms with E-state index in [1.807, 2.05) is 36.4 Å². The Labute approximate surface area is 107 Å². The SMILES string of the molecule is COC(=O)Cc1ccccc1Cc1ccccc1. The first-order valence-electron chi connectivity index (χ1n) is 5.97. The molecule has 0 heterocycles. The zero-order chi connectivity index (χ0) is 12.8. The third-order valence-electron chi connectivity index (χ3n) is 2.92. The van der Waals surface area contributed by atoms with Crippen LogP contribution in [0.2, 0.25) is 0 Å². The zero-order valence-electron chi connectivity index (χ0n) is 10.4. The van der Waals surface area contributed by atoms with Gasteiger partial charge in [-0.2, -0.15) is 0 Å². The molecule has 0 N–H and O–H groups in total. The fourth-order valence-electron chi connectivity index (χ4n) is 1.95. The molecule has 0 spiro atoms. The summed E-state index contributed by atoms with van der Waals surface area (Å²) in [6.45, 7) is 0. The second-order valence-electron chi connectivity index (χ2n) is 4.18. The molecule has 0 aliphatic carbocycles. The number of carbonyl (C=O) groups is 1. The van der Waals surface area contributed by atoms with E-state index in [0.29, 0.717) is 6.42 Å². The average molecular weight is 240 g/mol. The lowest BCUT2D eigenvalue weighted by Crippen LogP contribution is -2.07. The summed E-state index contributed by atoms with van der Waals surface area (Å²) < 4.78 is 4.72. The van der Waals surface area contributed by atoms with Crippen molar-refractivity contribution in [1.29, 1.82) is 0 Å². The lowest BCUT2D eigenvalue weighted by Gasteiger charge is -2.08. The molecule has 2 nitrogen and oxygen atoms in total. The minimum Gasteiger partial charge on any atom is -0.469 e. The molecular formula is C16H16O2. The summed E-state index contributed by atoms with van der Waals surface area (Å²) in [6.07, 6.45) is 1.17. The molecule has 18 heavy (non-hydrogen) atoms. The highest BCUT2D eigenvalue weighted by molar-refractivity contribution is 5.72. The number of carbonyl (C=O) groups excluding carboxylic acids is 1. The van der Waals surface area contributed by atoms with Gasteiger partial charge >= 0.3 is 5.97 Å². The Kier molecular flexibility index (Phi) is 4.13. The van der Waals surface area contributed by atoms with E-state index in [1.165, 1.54) is 18.2 Å². The zero-order valence-corrected chi connectivity index (χ0v) is 10.4. The molecule has 2 aromatic rings. The molecule has 0 aliphatic heterocycles. The van der Waals surface area contributed by atoms with Gasteiger partial charge in [-0.3, -0.25) is 4.79 Å². The third-order valence-corrected chi connectivity index (χ3v) is 2.92. The highest BCUT2D eigenvalue weighted by Gasteiger charge is 2.07. The summed E-state index contributed by atoms with van der Waals surface area (Å²) in [6, 6.07) is 18.2. The number of rotatable bonds is 4. The van der Waals surface area contributed by atoms with Gasteiger partial charge in [0.05, 0.1) is 13.5 Å². The van der Waals surface area contributed by atoms with Gasteiger partial charge in [0.25, 0.3) is 0 Å². The molecule has 2 heteroatoms. The van der Waals surface area contributed by atoms with Crippen molar-refractivity contribution < 1.29 is 9.53 Å². The molecule has 0 amide bonds. The number of ether oxygens (including phenoxy) is 1. The minimum absolute atomic E-state index is 0.199. The Bertz CT molecular complexity index is 518. The summed E-state index contributed by atoms with van der Waals surface area (Å²) >= 11 is 0. The fraction of sp³-hybridized carbons (Fsp3) is 0.188. The lowest BCUT2D eigenvalue weighted by atomic mass is 9.98. The van der Waals surface area contributed by atoms with Crippen molar-refractivity contribution >= 4 is 5.97 Å². The molecule has 0 unspecified atom stereocenters. The van der Waals surface area contributed by atoms with E-state index in [1.54, 1.807) is 0 Å². The molecule has 2 rings (SSSR count). The van der Waals surface area contributed by atoms with E-state index in [2.05, 4.69) is 18.2 Å². The highest BCUT2D eigenvalue weighted by atomic mass is 16.5. The van der Waals surface area contributed by atoms with Gasteiger partial charge in [0.2, 0.25) is 0 Å². The Hall–Kier alpha value is -2.09. The van der Waals surface area contributed by atoms with Crippen LogP contribution in [-0.2, 0) is 22.4 Å². The van der Waals surface area contributed by atoms with Crippen LogP contribution < -0.4 is 0 Å². The van der Waals surface area contributed by atoms with Crippen LogP contribution in [0.3, 0.4) is 0 Å². The van der Waals surface area contributed by atoms with Gasteiger partial charge in [0.1, 0.15) is 0 Å². The van der Waals surface area contributed by atoms with Gasteiger partial charge in [0.15, 0.2) is 0 Å². The topological polar surface area (TPSA) is 26.3 Å². The summed E-state index contributed by atoms with van der Waals surface area (Å²) in [5, 5.41) is 0. The first kappa shape index (κ1) is 12.4. The van der Waals surface area contributed by atoms with Crippen LogP contribution in [0.15, 0.2) is 54.6 Å². The van der Waals surface area contributed by atoms with Gasteiger partial charge in [-0.25, -0.2) is 0 Å². The predicted molar refractivity (Wildman–Crippen MR) is 71.4 cm³/mol. The molecule has 92 valence electrons. The minimum atomic E-state index is -0.199. The van der Waals surface area contributed by atoms with Crippen molar-refractivity contribution in [2.45, 2.75) is 12.8 Å². The monoisotopic (exact) mass is 240 g/mol. The van der Waals surface area contributed by atoms with Crippen molar-refractivity contribution in [2.75, 3.05) is 7.11 Å². The lowest BCUT2D eigenvalue weighted by molar-refractivity contribution is -0.139. The van der Waals surface area contributed by atoms with E-state index in [4.69, 9.17) is 4.74 Å². The van der Waals surface area contributed by atoms with Gasteiger partial charge in [-0.15, -0.1) is 0 Å². The van der Waals surface area contributed by atoms with E-state index in [0.717, 1.165) is 12.0 Å². The third kappa shape index (κ3) is 3.20. The van der Waals surface area contributed by atoms with E-state index in [-0.39, 0.29) is 5.97 Å². The largest absolute Gasteiger partial charge is 0.469 e. The van der Waals surface area contributed by atoms with E-state index >= 15 is 0 Å². The second-order valence-corrected chi connectivity index (χ2v) is 4.18. The summed E-state index contributed by atoms with van der Waals surface area (Å²) in [4.78, 5) is 11.4. The van der Waals surface area contributed by atoms with Gasteiger partial charge in [-0.05, 0) is 23.1 Å². The summed E-state index contributed by atoms with van der Waals surface area (Å²) in [5.74, 6) is -0.199. The number of esters is 1. The van der Waals surface area contributed by atoms with Crippen LogP contribution in [0.4, 0.5) is 0 Å². The van der Waals surface area contributed by atoms with E-state index in [9.17, 15) is 4.79 Å². The Morgan fingerprint density at radius 2 is 1.56 bits per heavy atom. The van der Waals surface area contributed by atoms with Gasteiger partial charge < -0.3 is 4.74 Å². The summed E-state index contributed by atoms with van der Waals surface area (Å²) in [7, 11) is 1.42. The maximum absolute atomic E-state index is 11.4. The molecule has 0 aliphatic rings. The van der Waals surface area contributed by atoms with Gasteiger partial charge in [-0.1, -0.05) is 54.6 Å². The van der Waals surface area contributed by atoms with Crippen LogP contribution in [0.1, 0.15) is 16.7 Å². The maximum atomic E-state index is 11.4. The first-order valence-corrected chi connectivity index (χ1v) is 5.97. The molecule has 0 saturated carbocycles. The second kappa shape index (κ2) is 6.01. The number of hydrogen-bond donors (Lipinski definition) is 0. The quantitative estimate of drug-likeness (QED) is 0.768. The normalized spacial score (nSPS) is 10.1. The molecule has 2 aromatic carbocycles. The number of hydrogen-bond acceptors (Lipinski definition) is 2. The molecule has 0 saturated heterocycles. The first-order chi connectivity index (χ1) is 8.79. The van der Waals surface area contributed by atoms with Crippen molar-refractivity contribution in [1.82, 2.24) is 0 Å². The summed E-state index contributed by atoms with van der Waals surface area (Å²) in [5.41, 5.74) is 3.46.